The highest BCUT2D eigenvalue weighted by molar-refractivity contribution is 6.05. The first-order chi connectivity index (χ1) is 9.31. The third kappa shape index (κ3) is 1.95. The molecule has 0 unspecified atom stereocenters. The quantitative estimate of drug-likeness (QED) is 0.755. The number of benzene rings is 2. The minimum atomic E-state index is 0.176. The summed E-state index contributed by atoms with van der Waals surface area (Å²) < 4.78 is 0. The van der Waals surface area contributed by atoms with Crippen molar-refractivity contribution < 1.29 is 4.79 Å². The molecule has 0 saturated carbocycles. The summed E-state index contributed by atoms with van der Waals surface area (Å²) in [6, 6.07) is 15.9. The van der Waals surface area contributed by atoms with Crippen LogP contribution in [-0.2, 0) is 6.42 Å². The molecule has 2 aromatic rings. The van der Waals surface area contributed by atoms with Crippen molar-refractivity contribution in [2.75, 3.05) is 11.4 Å². The van der Waals surface area contributed by atoms with E-state index in [4.69, 9.17) is 0 Å². The number of hydrogen-bond donors (Lipinski definition) is 0. The number of hydrogen-bond acceptors (Lipinski definition) is 2. The van der Waals surface area contributed by atoms with Crippen molar-refractivity contribution in [3.8, 4) is 0 Å². The van der Waals surface area contributed by atoms with Gasteiger partial charge in [-0.15, -0.1) is 6.58 Å². The maximum atomic E-state index is 12.4. The molecule has 0 spiro atoms. The summed E-state index contributed by atoms with van der Waals surface area (Å²) in [7, 11) is 0. The molecule has 0 fully saturated rings. The Labute approximate surface area is 113 Å². The second kappa shape index (κ2) is 4.73. The van der Waals surface area contributed by atoms with Gasteiger partial charge in [0.1, 0.15) is 0 Å². The second-order valence-electron chi connectivity index (χ2n) is 4.65. The molecular weight excluding hydrogens is 234 g/mol. The number of ketones is 1. The van der Waals surface area contributed by atoms with Crippen molar-refractivity contribution in [1.82, 2.24) is 0 Å². The lowest BCUT2D eigenvalue weighted by Crippen LogP contribution is -2.18. The lowest BCUT2D eigenvalue weighted by Gasteiger charge is -2.25. The molecular formula is C17H15NO. The van der Waals surface area contributed by atoms with Crippen molar-refractivity contribution in [2.24, 2.45) is 0 Å². The number of nitrogens with zero attached hydrogens (tertiary/aromatic N) is 1. The number of Topliss-reactive ketones (excluding diaryl/α,β-unsaturated/α-hetero) is 1. The summed E-state index contributed by atoms with van der Waals surface area (Å²) in [4.78, 5) is 14.5. The Morgan fingerprint density at radius 1 is 1.05 bits per heavy atom. The monoisotopic (exact) mass is 249 g/mol. The Balaban J connectivity index is 2.25. The van der Waals surface area contributed by atoms with Crippen LogP contribution in [0.4, 0.5) is 11.4 Å². The smallest absolute Gasteiger partial charge is 0.169 e. The highest BCUT2D eigenvalue weighted by atomic mass is 16.1. The molecule has 0 saturated heterocycles. The highest BCUT2D eigenvalue weighted by Crippen LogP contribution is 2.35. The van der Waals surface area contributed by atoms with E-state index in [1.807, 2.05) is 48.5 Å². The van der Waals surface area contributed by atoms with Crippen LogP contribution in [0.15, 0.2) is 61.2 Å². The number of carbonyl (C=O) groups is 1. The minimum absolute atomic E-state index is 0.176. The summed E-state index contributed by atoms with van der Waals surface area (Å²) in [6.45, 7) is 4.52. The van der Waals surface area contributed by atoms with Gasteiger partial charge in [-0.25, -0.2) is 0 Å². The van der Waals surface area contributed by atoms with Gasteiger partial charge in [0.15, 0.2) is 5.78 Å². The Morgan fingerprint density at radius 2 is 1.74 bits per heavy atom. The molecule has 0 radical (unpaired) electrons. The second-order valence-corrected chi connectivity index (χ2v) is 4.65. The SMILES string of the molecule is C=CCN1c2ccccc2CC(=O)c2ccccc21. The van der Waals surface area contributed by atoms with Gasteiger partial charge in [0.25, 0.3) is 0 Å². The normalized spacial score (nSPS) is 13.5. The Kier molecular flexibility index (Phi) is 2.92. The van der Waals surface area contributed by atoms with Crippen molar-refractivity contribution in [3.63, 3.8) is 0 Å². The van der Waals surface area contributed by atoms with Gasteiger partial charge in [0.05, 0.1) is 5.69 Å². The van der Waals surface area contributed by atoms with Crippen LogP contribution in [0.2, 0.25) is 0 Å². The average Bonchev–Trinajstić information content (AvgIpc) is 2.56. The van der Waals surface area contributed by atoms with Gasteiger partial charge in [-0.3, -0.25) is 4.79 Å². The van der Waals surface area contributed by atoms with Crippen LogP contribution >= 0.6 is 0 Å². The molecule has 94 valence electrons. The zero-order valence-corrected chi connectivity index (χ0v) is 10.7. The van der Waals surface area contributed by atoms with Crippen molar-refractivity contribution in [3.05, 3.63) is 72.3 Å². The predicted molar refractivity (Wildman–Crippen MR) is 78.1 cm³/mol. The topological polar surface area (TPSA) is 20.3 Å². The summed E-state index contributed by atoms with van der Waals surface area (Å²) in [5.74, 6) is 0.176. The molecule has 0 aromatic heterocycles. The van der Waals surface area contributed by atoms with Crippen LogP contribution in [0, 0.1) is 0 Å². The Hall–Kier alpha value is -2.35. The van der Waals surface area contributed by atoms with Crippen LogP contribution in [0.1, 0.15) is 15.9 Å². The van der Waals surface area contributed by atoms with Gasteiger partial charge in [-0.05, 0) is 23.8 Å². The van der Waals surface area contributed by atoms with E-state index in [0.717, 1.165) is 22.5 Å². The predicted octanol–water partition coefficient (Wildman–Crippen LogP) is 3.75. The lowest BCUT2D eigenvalue weighted by molar-refractivity contribution is 0.0994. The van der Waals surface area contributed by atoms with E-state index in [1.165, 1.54) is 0 Å². The summed E-state index contributed by atoms with van der Waals surface area (Å²) in [5.41, 5.74) is 3.93. The molecule has 0 amide bonds. The van der Waals surface area contributed by atoms with Gasteiger partial charge in [-0.2, -0.15) is 0 Å². The largest absolute Gasteiger partial charge is 0.337 e. The first-order valence-electron chi connectivity index (χ1n) is 6.40. The molecule has 1 heterocycles. The molecule has 0 atom stereocenters. The van der Waals surface area contributed by atoms with Gasteiger partial charge >= 0.3 is 0 Å². The van der Waals surface area contributed by atoms with Crippen LogP contribution in [0.5, 0.6) is 0 Å². The minimum Gasteiger partial charge on any atom is -0.337 e. The Morgan fingerprint density at radius 3 is 2.53 bits per heavy atom. The highest BCUT2D eigenvalue weighted by Gasteiger charge is 2.23. The molecule has 0 aliphatic carbocycles. The van der Waals surface area contributed by atoms with Gasteiger partial charge in [-0.1, -0.05) is 36.4 Å². The first kappa shape index (κ1) is 11.7. The number of anilines is 2. The molecule has 0 N–H and O–H groups in total. The summed E-state index contributed by atoms with van der Waals surface area (Å²) >= 11 is 0. The molecule has 3 rings (SSSR count). The van der Waals surface area contributed by atoms with E-state index in [2.05, 4.69) is 17.5 Å². The third-order valence-electron chi connectivity index (χ3n) is 3.44. The molecule has 1 aliphatic heterocycles. The molecule has 2 heteroatoms. The van der Waals surface area contributed by atoms with E-state index in [-0.39, 0.29) is 5.78 Å². The zero-order valence-electron chi connectivity index (χ0n) is 10.7. The van der Waals surface area contributed by atoms with Gasteiger partial charge in [0.2, 0.25) is 0 Å². The van der Waals surface area contributed by atoms with Crippen LogP contribution < -0.4 is 4.90 Å². The third-order valence-corrected chi connectivity index (χ3v) is 3.44. The molecule has 2 aromatic carbocycles. The molecule has 0 bridgehead atoms. The van der Waals surface area contributed by atoms with Crippen molar-refractivity contribution >= 4 is 17.2 Å². The molecule has 19 heavy (non-hydrogen) atoms. The maximum absolute atomic E-state index is 12.4. The van der Waals surface area contributed by atoms with E-state index in [9.17, 15) is 4.79 Å². The summed E-state index contributed by atoms with van der Waals surface area (Å²) in [6.07, 6.45) is 2.32. The number of rotatable bonds is 2. The van der Waals surface area contributed by atoms with Crippen molar-refractivity contribution in [1.29, 1.82) is 0 Å². The average molecular weight is 249 g/mol. The van der Waals surface area contributed by atoms with Crippen LogP contribution in [-0.4, -0.2) is 12.3 Å². The van der Waals surface area contributed by atoms with E-state index in [0.29, 0.717) is 13.0 Å². The number of fused-ring (bicyclic) bond motifs is 2. The van der Waals surface area contributed by atoms with E-state index in [1.54, 1.807) is 0 Å². The number of para-hydroxylation sites is 2. The fourth-order valence-electron chi connectivity index (χ4n) is 2.59. The van der Waals surface area contributed by atoms with Gasteiger partial charge in [0, 0.05) is 24.2 Å². The van der Waals surface area contributed by atoms with Gasteiger partial charge < -0.3 is 4.90 Å². The molecule has 2 nitrogen and oxygen atoms in total. The van der Waals surface area contributed by atoms with Crippen LogP contribution in [0.25, 0.3) is 0 Å². The fourth-order valence-corrected chi connectivity index (χ4v) is 2.59. The zero-order chi connectivity index (χ0) is 13.2. The fraction of sp³-hybridized carbons (Fsp3) is 0.118. The van der Waals surface area contributed by atoms with E-state index < -0.39 is 0 Å². The van der Waals surface area contributed by atoms with E-state index >= 15 is 0 Å². The lowest BCUT2D eigenvalue weighted by atomic mass is 10.0. The van der Waals surface area contributed by atoms with Crippen LogP contribution in [0.3, 0.4) is 0 Å². The maximum Gasteiger partial charge on any atom is 0.169 e. The first-order valence-corrected chi connectivity index (χ1v) is 6.40. The number of carbonyl (C=O) groups excluding carboxylic acids is 1. The standard InChI is InChI=1S/C17H15NO/c1-2-11-18-15-9-5-3-7-13(15)12-17(19)14-8-4-6-10-16(14)18/h2-10H,1,11-12H2. The van der Waals surface area contributed by atoms with Crippen molar-refractivity contribution in [2.45, 2.75) is 6.42 Å². The molecule has 1 aliphatic rings. The Bertz CT molecular complexity index is 645. The summed E-state index contributed by atoms with van der Waals surface area (Å²) in [5, 5.41) is 0.